The van der Waals surface area contributed by atoms with Gasteiger partial charge in [0.25, 0.3) is 0 Å². The lowest BCUT2D eigenvalue weighted by Gasteiger charge is -2.30. The van der Waals surface area contributed by atoms with Crippen LogP contribution in [0, 0.1) is 0 Å². The Balaban J connectivity index is 3.16. The first kappa shape index (κ1) is 14.3. The standard InChI is InChI=1S/C13H19ClN2S/c1-4-10(5-2)16(3)12-7-6-9(14)8-11(12)13(15)17/h6-8,10H,4-5H2,1-3H3,(H2,15,17). The first-order chi connectivity index (χ1) is 8.01. The lowest BCUT2D eigenvalue weighted by atomic mass is 10.1. The van der Waals surface area contributed by atoms with Crippen molar-refractivity contribution in [2.24, 2.45) is 5.73 Å². The molecule has 1 aromatic rings. The van der Waals surface area contributed by atoms with E-state index in [0.29, 0.717) is 16.1 Å². The third-order valence-electron chi connectivity index (χ3n) is 3.09. The highest BCUT2D eigenvalue weighted by molar-refractivity contribution is 7.80. The predicted molar refractivity (Wildman–Crippen MR) is 80.1 cm³/mol. The maximum absolute atomic E-state index is 5.98. The molecular formula is C13H19ClN2S. The van der Waals surface area contributed by atoms with Crippen LogP contribution in [0.4, 0.5) is 5.69 Å². The van der Waals surface area contributed by atoms with Gasteiger partial charge in [0, 0.05) is 29.4 Å². The average molecular weight is 271 g/mol. The van der Waals surface area contributed by atoms with E-state index in [0.717, 1.165) is 24.1 Å². The Morgan fingerprint density at radius 2 is 2.00 bits per heavy atom. The Hall–Kier alpha value is -0.800. The lowest BCUT2D eigenvalue weighted by Crippen LogP contribution is -2.32. The van der Waals surface area contributed by atoms with Gasteiger partial charge in [0.05, 0.1) is 0 Å². The van der Waals surface area contributed by atoms with Crippen LogP contribution in [0.15, 0.2) is 18.2 Å². The third kappa shape index (κ3) is 3.33. The van der Waals surface area contributed by atoms with Gasteiger partial charge in [-0.3, -0.25) is 0 Å². The van der Waals surface area contributed by atoms with Gasteiger partial charge >= 0.3 is 0 Å². The number of thiocarbonyl (C=S) groups is 1. The van der Waals surface area contributed by atoms with Crippen molar-refractivity contribution in [3.8, 4) is 0 Å². The zero-order valence-corrected chi connectivity index (χ0v) is 12.1. The molecule has 94 valence electrons. The fraction of sp³-hybridized carbons (Fsp3) is 0.462. The first-order valence-electron chi connectivity index (χ1n) is 5.83. The summed E-state index contributed by atoms with van der Waals surface area (Å²) >= 11 is 11.1. The molecule has 4 heteroatoms. The summed E-state index contributed by atoms with van der Waals surface area (Å²) in [6.45, 7) is 4.36. The second kappa shape index (κ2) is 6.22. The summed E-state index contributed by atoms with van der Waals surface area (Å²) in [7, 11) is 2.07. The summed E-state index contributed by atoms with van der Waals surface area (Å²) in [5.41, 5.74) is 7.65. The second-order valence-electron chi connectivity index (χ2n) is 4.11. The zero-order valence-electron chi connectivity index (χ0n) is 10.5. The molecule has 2 nitrogen and oxygen atoms in total. The summed E-state index contributed by atoms with van der Waals surface area (Å²) in [5.74, 6) is 0. The maximum Gasteiger partial charge on any atom is 0.106 e. The minimum atomic E-state index is 0.389. The van der Waals surface area contributed by atoms with E-state index >= 15 is 0 Å². The molecule has 1 aromatic carbocycles. The molecule has 0 heterocycles. The highest BCUT2D eigenvalue weighted by Gasteiger charge is 2.15. The Labute approximate surface area is 114 Å². The van der Waals surface area contributed by atoms with E-state index in [1.54, 1.807) is 0 Å². The van der Waals surface area contributed by atoms with Crippen molar-refractivity contribution in [1.29, 1.82) is 0 Å². The quantitative estimate of drug-likeness (QED) is 0.829. The largest absolute Gasteiger partial charge is 0.389 e. The minimum Gasteiger partial charge on any atom is -0.389 e. The highest BCUT2D eigenvalue weighted by atomic mass is 35.5. The number of nitrogens with two attached hydrogens (primary N) is 1. The molecule has 0 bridgehead atoms. The summed E-state index contributed by atoms with van der Waals surface area (Å²) in [4.78, 5) is 2.62. The van der Waals surface area contributed by atoms with Crippen molar-refractivity contribution < 1.29 is 0 Å². The Morgan fingerprint density at radius 1 is 1.41 bits per heavy atom. The van der Waals surface area contributed by atoms with E-state index in [1.165, 1.54) is 0 Å². The molecule has 1 rings (SSSR count). The molecular weight excluding hydrogens is 252 g/mol. The first-order valence-corrected chi connectivity index (χ1v) is 6.62. The summed E-state index contributed by atoms with van der Waals surface area (Å²) < 4.78 is 0. The number of rotatable bonds is 5. The highest BCUT2D eigenvalue weighted by Crippen LogP contribution is 2.26. The zero-order chi connectivity index (χ0) is 13.0. The molecule has 0 amide bonds. The number of anilines is 1. The molecule has 0 aliphatic rings. The molecule has 0 spiro atoms. The van der Waals surface area contributed by atoms with E-state index in [-0.39, 0.29) is 0 Å². The summed E-state index contributed by atoms with van der Waals surface area (Å²) in [6, 6.07) is 6.18. The number of benzene rings is 1. The number of halogens is 1. The maximum atomic E-state index is 5.98. The summed E-state index contributed by atoms with van der Waals surface area (Å²) in [6.07, 6.45) is 2.18. The number of hydrogen-bond donors (Lipinski definition) is 1. The van der Waals surface area contributed by atoms with Crippen LogP contribution in [0.2, 0.25) is 5.02 Å². The van der Waals surface area contributed by atoms with Gasteiger partial charge in [-0.2, -0.15) is 0 Å². The normalized spacial score (nSPS) is 10.6. The fourth-order valence-electron chi connectivity index (χ4n) is 2.05. The van der Waals surface area contributed by atoms with Crippen molar-refractivity contribution >= 4 is 34.5 Å². The van der Waals surface area contributed by atoms with Gasteiger partial charge in [0.2, 0.25) is 0 Å². The van der Waals surface area contributed by atoms with Crippen LogP contribution >= 0.6 is 23.8 Å². The van der Waals surface area contributed by atoms with Gasteiger partial charge in [0.15, 0.2) is 0 Å². The van der Waals surface area contributed by atoms with Gasteiger partial charge < -0.3 is 10.6 Å². The van der Waals surface area contributed by atoms with Crippen LogP contribution < -0.4 is 10.6 Å². The van der Waals surface area contributed by atoms with Crippen LogP contribution in [-0.2, 0) is 0 Å². The number of nitrogens with zero attached hydrogens (tertiary/aromatic N) is 1. The molecule has 0 fully saturated rings. The molecule has 0 unspecified atom stereocenters. The van der Waals surface area contributed by atoms with Crippen LogP contribution in [-0.4, -0.2) is 18.1 Å². The average Bonchev–Trinajstić information content (AvgIpc) is 2.30. The van der Waals surface area contributed by atoms with Crippen molar-refractivity contribution in [3.63, 3.8) is 0 Å². The number of hydrogen-bond acceptors (Lipinski definition) is 2. The van der Waals surface area contributed by atoms with Gasteiger partial charge in [-0.25, -0.2) is 0 Å². The minimum absolute atomic E-state index is 0.389. The van der Waals surface area contributed by atoms with Crippen molar-refractivity contribution in [2.75, 3.05) is 11.9 Å². The molecule has 0 aliphatic carbocycles. The Bertz CT molecular complexity index is 402. The summed E-state index contributed by atoms with van der Waals surface area (Å²) in [5, 5.41) is 0.662. The van der Waals surface area contributed by atoms with Gasteiger partial charge in [-0.1, -0.05) is 37.7 Å². The van der Waals surface area contributed by atoms with Crippen molar-refractivity contribution in [2.45, 2.75) is 32.7 Å². The molecule has 17 heavy (non-hydrogen) atoms. The van der Waals surface area contributed by atoms with E-state index < -0.39 is 0 Å². The molecule has 0 aromatic heterocycles. The molecule has 0 aliphatic heterocycles. The van der Waals surface area contributed by atoms with Gasteiger partial charge in [-0.15, -0.1) is 0 Å². The predicted octanol–water partition coefficient (Wildman–Crippen LogP) is 3.60. The molecule has 2 N–H and O–H groups in total. The van der Waals surface area contributed by atoms with Crippen molar-refractivity contribution in [1.82, 2.24) is 0 Å². The van der Waals surface area contributed by atoms with E-state index in [1.807, 2.05) is 18.2 Å². The monoisotopic (exact) mass is 270 g/mol. The van der Waals surface area contributed by atoms with Crippen LogP contribution in [0.25, 0.3) is 0 Å². The molecule has 0 saturated carbocycles. The van der Waals surface area contributed by atoms with E-state index in [4.69, 9.17) is 29.6 Å². The lowest BCUT2D eigenvalue weighted by molar-refractivity contribution is 0.591. The topological polar surface area (TPSA) is 29.3 Å². The Morgan fingerprint density at radius 3 is 2.47 bits per heavy atom. The SMILES string of the molecule is CCC(CC)N(C)c1ccc(Cl)cc1C(N)=S. The van der Waals surface area contributed by atoms with Gasteiger partial charge in [-0.05, 0) is 31.0 Å². The molecule has 0 radical (unpaired) electrons. The van der Waals surface area contributed by atoms with Crippen LogP contribution in [0.3, 0.4) is 0 Å². The van der Waals surface area contributed by atoms with E-state index in [2.05, 4.69) is 25.8 Å². The van der Waals surface area contributed by atoms with E-state index in [9.17, 15) is 0 Å². The van der Waals surface area contributed by atoms with Crippen molar-refractivity contribution in [3.05, 3.63) is 28.8 Å². The third-order valence-corrected chi connectivity index (χ3v) is 3.55. The Kier molecular flexibility index (Phi) is 5.22. The fourth-order valence-corrected chi connectivity index (χ4v) is 2.38. The van der Waals surface area contributed by atoms with Crippen LogP contribution in [0.5, 0.6) is 0 Å². The molecule has 0 saturated heterocycles. The van der Waals surface area contributed by atoms with Crippen LogP contribution in [0.1, 0.15) is 32.3 Å². The smallest absolute Gasteiger partial charge is 0.106 e. The van der Waals surface area contributed by atoms with Gasteiger partial charge in [0.1, 0.15) is 4.99 Å². The molecule has 0 atom stereocenters. The second-order valence-corrected chi connectivity index (χ2v) is 4.98.